The molecule has 5 nitrogen and oxygen atoms in total. The number of rotatable bonds is 6. The number of anilines is 1. The number of aryl methyl sites for hydroxylation is 1. The van der Waals surface area contributed by atoms with Crippen LogP contribution in [-0.4, -0.2) is 37.0 Å². The number of carbonyl (C=O) groups excluding carboxylic acids is 1. The van der Waals surface area contributed by atoms with Crippen LogP contribution >= 0.6 is 0 Å². The van der Waals surface area contributed by atoms with Gasteiger partial charge in [-0.1, -0.05) is 19.9 Å². The minimum Gasteiger partial charge on any atom is -0.492 e. The van der Waals surface area contributed by atoms with Crippen molar-refractivity contribution in [2.75, 3.05) is 31.6 Å². The number of nitriles is 1. The molecule has 2 aromatic rings. The monoisotopic (exact) mass is 391 g/mol. The second-order valence-corrected chi connectivity index (χ2v) is 8.10. The molecule has 152 valence electrons. The van der Waals surface area contributed by atoms with Crippen molar-refractivity contribution < 1.29 is 9.53 Å². The molecule has 2 unspecified atom stereocenters. The number of piperidine rings is 1. The summed E-state index contributed by atoms with van der Waals surface area (Å²) in [6.07, 6.45) is 1.18. The van der Waals surface area contributed by atoms with Crippen molar-refractivity contribution in [3.05, 3.63) is 59.2 Å². The molecule has 1 saturated heterocycles. The topological polar surface area (TPSA) is 65.4 Å². The highest BCUT2D eigenvalue weighted by Gasteiger charge is 2.26. The van der Waals surface area contributed by atoms with Gasteiger partial charge in [0.15, 0.2) is 0 Å². The van der Waals surface area contributed by atoms with Gasteiger partial charge in [0.25, 0.3) is 5.91 Å². The summed E-state index contributed by atoms with van der Waals surface area (Å²) in [6.45, 7) is 9.23. The van der Waals surface area contributed by atoms with Crippen LogP contribution in [-0.2, 0) is 0 Å². The Morgan fingerprint density at radius 3 is 2.52 bits per heavy atom. The van der Waals surface area contributed by atoms with Crippen LogP contribution in [0.25, 0.3) is 0 Å². The van der Waals surface area contributed by atoms with E-state index in [1.807, 2.05) is 30.0 Å². The van der Waals surface area contributed by atoms with E-state index in [1.54, 1.807) is 24.3 Å². The largest absolute Gasteiger partial charge is 0.492 e. The minimum absolute atomic E-state index is 0.111. The molecule has 0 aromatic heterocycles. The number of ether oxygens (including phenoxy) is 1. The van der Waals surface area contributed by atoms with E-state index in [2.05, 4.69) is 25.2 Å². The van der Waals surface area contributed by atoms with Crippen molar-refractivity contribution in [2.24, 2.45) is 11.8 Å². The van der Waals surface area contributed by atoms with Gasteiger partial charge >= 0.3 is 0 Å². The quantitative estimate of drug-likeness (QED) is 0.738. The van der Waals surface area contributed by atoms with Gasteiger partial charge in [-0.05, 0) is 67.1 Å². The van der Waals surface area contributed by atoms with Crippen molar-refractivity contribution in [3.8, 4) is 11.8 Å². The highest BCUT2D eigenvalue weighted by Crippen LogP contribution is 2.24. The van der Waals surface area contributed by atoms with E-state index in [-0.39, 0.29) is 5.91 Å². The molecule has 0 saturated carbocycles. The molecule has 0 radical (unpaired) electrons. The van der Waals surface area contributed by atoms with Gasteiger partial charge in [0.1, 0.15) is 12.4 Å². The molecule has 5 heteroatoms. The molecule has 29 heavy (non-hydrogen) atoms. The van der Waals surface area contributed by atoms with E-state index < -0.39 is 0 Å². The summed E-state index contributed by atoms with van der Waals surface area (Å²) in [4.78, 5) is 15.0. The van der Waals surface area contributed by atoms with E-state index in [1.165, 1.54) is 6.42 Å². The highest BCUT2D eigenvalue weighted by molar-refractivity contribution is 5.95. The SMILES string of the molecule is Cc1ccc(C(=O)N2CC(C)CC(C)C2)cc1NCCOc1ccc(C#N)cc1. The molecule has 1 N–H and O–H groups in total. The lowest BCUT2D eigenvalue weighted by molar-refractivity contribution is 0.0623. The number of carbonyl (C=O) groups is 1. The fourth-order valence-corrected chi connectivity index (χ4v) is 3.94. The number of nitrogens with zero attached hydrogens (tertiary/aromatic N) is 2. The van der Waals surface area contributed by atoms with Crippen LogP contribution in [0, 0.1) is 30.1 Å². The lowest BCUT2D eigenvalue weighted by Gasteiger charge is -2.35. The van der Waals surface area contributed by atoms with Crippen LogP contribution < -0.4 is 10.1 Å². The predicted molar refractivity (Wildman–Crippen MR) is 115 cm³/mol. The number of hydrogen-bond acceptors (Lipinski definition) is 4. The Morgan fingerprint density at radius 2 is 1.86 bits per heavy atom. The van der Waals surface area contributed by atoms with E-state index in [9.17, 15) is 4.79 Å². The first kappa shape index (κ1) is 20.7. The zero-order chi connectivity index (χ0) is 20.8. The zero-order valence-electron chi connectivity index (χ0n) is 17.4. The Morgan fingerprint density at radius 1 is 1.17 bits per heavy atom. The summed E-state index contributed by atoms with van der Waals surface area (Å²) in [5.74, 6) is 1.94. The molecular weight excluding hydrogens is 362 g/mol. The summed E-state index contributed by atoms with van der Waals surface area (Å²) in [7, 11) is 0. The van der Waals surface area contributed by atoms with Crippen LogP contribution in [0.4, 0.5) is 5.69 Å². The fourth-order valence-electron chi connectivity index (χ4n) is 3.94. The Balaban J connectivity index is 1.57. The first-order valence-electron chi connectivity index (χ1n) is 10.2. The highest BCUT2D eigenvalue weighted by atomic mass is 16.5. The third-order valence-corrected chi connectivity index (χ3v) is 5.31. The molecule has 1 heterocycles. The third kappa shape index (κ3) is 5.51. The second kappa shape index (κ2) is 9.47. The normalized spacial score (nSPS) is 18.8. The standard InChI is InChI=1S/C24H29N3O2/c1-17-12-18(2)16-27(15-17)24(28)21-7-4-19(3)23(13-21)26-10-11-29-22-8-5-20(14-25)6-9-22/h4-9,13,17-18,26H,10-12,15-16H2,1-3H3. The average molecular weight is 392 g/mol. The number of likely N-dealkylation sites (tertiary alicyclic amines) is 1. The van der Waals surface area contributed by atoms with Crippen molar-refractivity contribution in [2.45, 2.75) is 27.2 Å². The van der Waals surface area contributed by atoms with Crippen molar-refractivity contribution in [3.63, 3.8) is 0 Å². The van der Waals surface area contributed by atoms with Gasteiger partial charge in [-0.2, -0.15) is 5.26 Å². The molecule has 1 amide bonds. The lowest BCUT2D eigenvalue weighted by atomic mass is 9.91. The van der Waals surface area contributed by atoms with Gasteiger partial charge in [0.05, 0.1) is 11.6 Å². The van der Waals surface area contributed by atoms with Crippen LogP contribution in [0.5, 0.6) is 5.75 Å². The number of benzene rings is 2. The maximum Gasteiger partial charge on any atom is 0.253 e. The van der Waals surface area contributed by atoms with Crippen LogP contribution in [0.15, 0.2) is 42.5 Å². The fraction of sp³-hybridized carbons (Fsp3) is 0.417. The van der Waals surface area contributed by atoms with Gasteiger partial charge in [-0.15, -0.1) is 0 Å². The van der Waals surface area contributed by atoms with E-state index in [4.69, 9.17) is 10.00 Å². The molecule has 2 atom stereocenters. The predicted octanol–water partition coefficient (Wildman–Crippen LogP) is 4.48. The van der Waals surface area contributed by atoms with Crippen molar-refractivity contribution in [1.82, 2.24) is 4.90 Å². The van der Waals surface area contributed by atoms with Gasteiger partial charge in [-0.25, -0.2) is 0 Å². The average Bonchev–Trinajstić information content (AvgIpc) is 2.71. The van der Waals surface area contributed by atoms with Gasteiger partial charge in [-0.3, -0.25) is 4.79 Å². The van der Waals surface area contributed by atoms with Crippen LogP contribution in [0.2, 0.25) is 0 Å². The van der Waals surface area contributed by atoms with E-state index >= 15 is 0 Å². The number of amides is 1. The molecule has 2 aromatic carbocycles. The number of nitrogens with one attached hydrogen (secondary N) is 1. The molecule has 1 aliphatic rings. The van der Waals surface area contributed by atoms with Crippen LogP contribution in [0.1, 0.15) is 41.8 Å². The Hall–Kier alpha value is -3.00. The van der Waals surface area contributed by atoms with Crippen LogP contribution in [0.3, 0.4) is 0 Å². The summed E-state index contributed by atoms with van der Waals surface area (Å²) < 4.78 is 5.72. The molecule has 1 aliphatic heterocycles. The van der Waals surface area contributed by atoms with Crippen molar-refractivity contribution >= 4 is 11.6 Å². The Bertz CT molecular complexity index is 876. The Labute approximate surface area is 173 Å². The number of hydrogen-bond donors (Lipinski definition) is 1. The van der Waals surface area contributed by atoms with E-state index in [0.29, 0.717) is 30.6 Å². The molecule has 1 fully saturated rings. The minimum atomic E-state index is 0.111. The smallest absolute Gasteiger partial charge is 0.253 e. The molecule has 0 spiro atoms. The third-order valence-electron chi connectivity index (χ3n) is 5.31. The Kier molecular flexibility index (Phi) is 6.77. The molecule has 0 aliphatic carbocycles. The maximum atomic E-state index is 13.0. The van der Waals surface area contributed by atoms with Crippen molar-refractivity contribution in [1.29, 1.82) is 5.26 Å². The second-order valence-electron chi connectivity index (χ2n) is 8.10. The maximum absolute atomic E-state index is 13.0. The summed E-state index contributed by atoms with van der Waals surface area (Å²) in [5, 5.41) is 12.2. The first-order valence-corrected chi connectivity index (χ1v) is 10.2. The van der Waals surface area contributed by atoms with Gasteiger partial charge in [0, 0.05) is 30.9 Å². The van der Waals surface area contributed by atoms with Gasteiger partial charge in [0.2, 0.25) is 0 Å². The summed E-state index contributed by atoms with van der Waals surface area (Å²) in [5.41, 5.74) is 3.40. The molecular formula is C24H29N3O2. The first-order chi connectivity index (χ1) is 14.0. The lowest BCUT2D eigenvalue weighted by Crippen LogP contribution is -2.42. The summed E-state index contributed by atoms with van der Waals surface area (Å²) in [6, 6.07) is 15.0. The molecule has 3 rings (SSSR count). The van der Waals surface area contributed by atoms with E-state index in [0.717, 1.165) is 35.7 Å². The molecule has 0 bridgehead atoms. The van der Waals surface area contributed by atoms with Gasteiger partial charge < -0.3 is 15.0 Å². The summed E-state index contributed by atoms with van der Waals surface area (Å²) >= 11 is 0. The zero-order valence-corrected chi connectivity index (χ0v) is 17.4.